The predicted octanol–water partition coefficient (Wildman–Crippen LogP) is -0.370. The zero-order valence-electron chi connectivity index (χ0n) is 9.89. The Morgan fingerprint density at radius 3 is 2.47 bits per heavy atom. The molecule has 1 fully saturated rings. The number of ether oxygens (including phenoxy) is 1. The van der Waals surface area contributed by atoms with Crippen molar-refractivity contribution in [3.05, 3.63) is 0 Å². The number of esters is 1. The minimum absolute atomic E-state index is 0.242. The topological polar surface area (TPSA) is 92.7 Å². The second-order valence-electron chi connectivity index (χ2n) is 4.36. The van der Waals surface area contributed by atoms with Crippen LogP contribution in [-0.2, 0) is 19.6 Å². The lowest BCUT2D eigenvalue weighted by Crippen LogP contribution is -2.35. The summed E-state index contributed by atoms with van der Waals surface area (Å²) in [5.74, 6) is -1.17. The largest absolute Gasteiger partial charge is 0.468 e. The van der Waals surface area contributed by atoms with E-state index in [4.69, 9.17) is 0 Å². The number of aliphatic hydroxyl groups is 1. The third-order valence-electron chi connectivity index (χ3n) is 2.94. The van der Waals surface area contributed by atoms with Gasteiger partial charge in [-0.1, -0.05) is 0 Å². The zero-order valence-corrected chi connectivity index (χ0v) is 10.7. The maximum Gasteiger partial charge on any atom is 0.322 e. The molecule has 0 aromatic heterocycles. The molecule has 0 aromatic carbocycles. The van der Waals surface area contributed by atoms with Gasteiger partial charge < -0.3 is 9.84 Å². The first-order valence-electron chi connectivity index (χ1n) is 5.65. The van der Waals surface area contributed by atoms with Crippen molar-refractivity contribution in [3.8, 4) is 0 Å². The minimum Gasteiger partial charge on any atom is -0.468 e. The zero-order chi connectivity index (χ0) is 12.9. The highest BCUT2D eigenvalue weighted by molar-refractivity contribution is 7.90. The molecular formula is C10H19NO5S. The van der Waals surface area contributed by atoms with Gasteiger partial charge in [-0.05, 0) is 31.6 Å². The number of methoxy groups -OCH3 is 1. The lowest BCUT2D eigenvalue weighted by atomic mass is 9.88. The molecule has 1 saturated carbocycles. The molecule has 1 aliphatic carbocycles. The standard InChI is InChI=1S/C10H19NO5S/c1-16-10(13)7-17(14,15)11-6-8-2-4-9(12)5-3-8/h8-9,11-12H,2-7H2,1H3. The fraction of sp³-hybridized carbons (Fsp3) is 0.900. The highest BCUT2D eigenvalue weighted by atomic mass is 32.2. The fourth-order valence-electron chi connectivity index (χ4n) is 1.86. The Balaban J connectivity index is 2.32. The van der Waals surface area contributed by atoms with Crippen molar-refractivity contribution in [3.63, 3.8) is 0 Å². The molecule has 17 heavy (non-hydrogen) atoms. The van der Waals surface area contributed by atoms with E-state index in [0.717, 1.165) is 20.0 Å². The average Bonchev–Trinajstić information content (AvgIpc) is 2.28. The Bertz CT molecular complexity index is 346. The third-order valence-corrected chi connectivity index (χ3v) is 4.17. The van der Waals surface area contributed by atoms with Gasteiger partial charge in [0, 0.05) is 6.54 Å². The summed E-state index contributed by atoms with van der Waals surface area (Å²) in [6.07, 6.45) is 2.79. The van der Waals surface area contributed by atoms with Crippen LogP contribution < -0.4 is 4.72 Å². The van der Waals surface area contributed by atoms with Gasteiger partial charge in [-0.2, -0.15) is 0 Å². The first-order valence-corrected chi connectivity index (χ1v) is 7.30. The summed E-state index contributed by atoms with van der Waals surface area (Å²) in [5.41, 5.74) is 0. The van der Waals surface area contributed by atoms with Crippen molar-refractivity contribution in [2.24, 2.45) is 5.92 Å². The Morgan fingerprint density at radius 1 is 1.35 bits per heavy atom. The maximum atomic E-state index is 11.4. The second kappa shape index (κ2) is 6.32. The highest BCUT2D eigenvalue weighted by Gasteiger charge is 2.22. The average molecular weight is 265 g/mol. The molecule has 2 N–H and O–H groups in total. The normalized spacial score (nSPS) is 25.5. The molecule has 6 nitrogen and oxygen atoms in total. The van der Waals surface area contributed by atoms with Crippen LogP contribution in [-0.4, -0.2) is 45.0 Å². The SMILES string of the molecule is COC(=O)CS(=O)(=O)NCC1CCC(O)CC1. The molecule has 0 aromatic rings. The van der Waals surface area contributed by atoms with Crippen molar-refractivity contribution < 1.29 is 23.1 Å². The maximum absolute atomic E-state index is 11.4. The fourth-order valence-corrected chi connectivity index (χ4v) is 2.88. The monoisotopic (exact) mass is 265 g/mol. The van der Waals surface area contributed by atoms with Crippen LogP contribution in [0.3, 0.4) is 0 Å². The minimum atomic E-state index is -3.59. The van der Waals surface area contributed by atoms with Crippen LogP contribution in [0.25, 0.3) is 0 Å². The van der Waals surface area contributed by atoms with E-state index < -0.39 is 21.7 Å². The Morgan fingerprint density at radius 2 is 1.94 bits per heavy atom. The Kier molecular flexibility index (Phi) is 5.35. The quantitative estimate of drug-likeness (QED) is 0.662. The second-order valence-corrected chi connectivity index (χ2v) is 6.17. The van der Waals surface area contributed by atoms with E-state index in [1.54, 1.807) is 0 Å². The van der Waals surface area contributed by atoms with Gasteiger partial charge in [-0.25, -0.2) is 13.1 Å². The number of rotatable bonds is 5. The summed E-state index contributed by atoms with van der Waals surface area (Å²) in [7, 11) is -2.44. The van der Waals surface area contributed by atoms with Crippen LogP contribution in [0.4, 0.5) is 0 Å². The molecule has 0 bridgehead atoms. The molecule has 0 unspecified atom stereocenters. The van der Waals surface area contributed by atoms with Crippen molar-refractivity contribution in [2.75, 3.05) is 19.4 Å². The van der Waals surface area contributed by atoms with Gasteiger partial charge in [-0.3, -0.25) is 4.79 Å². The van der Waals surface area contributed by atoms with Crippen molar-refractivity contribution in [1.29, 1.82) is 0 Å². The van der Waals surface area contributed by atoms with Gasteiger partial charge in [0.25, 0.3) is 0 Å². The van der Waals surface area contributed by atoms with Gasteiger partial charge in [-0.15, -0.1) is 0 Å². The van der Waals surface area contributed by atoms with Crippen LogP contribution >= 0.6 is 0 Å². The molecule has 7 heteroatoms. The summed E-state index contributed by atoms with van der Waals surface area (Å²) in [5, 5.41) is 9.31. The van der Waals surface area contributed by atoms with Gasteiger partial charge in [0.1, 0.15) is 0 Å². The van der Waals surface area contributed by atoms with Crippen LogP contribution in [0.2, 0.25) is 0 Å². The number of carbonyl (C=O) groups excluding carboxylic acids is 1. The summed E-state index contributed by atoms with van der Waals surface area (Å²) >= 11 is 0. The molecule has 1 aliphatic rings. The van der Waals surface area contributed by atoms with E-state index in [9.17, 15) is 18.3 Å². The molecule has 100 valence electrons. The van der Waals surface area contributed by atoms with E-state index in [2.05, 4.69) is 9.46 Å². The van der Waals surface area contributed by atoms with Crippen molar-refractivity contribution in [1.82, 2.24) is 4.72 Å². The van der Waals surface area contributed by atoms with Gasteiger partial charge in [0.05, 0.1) is 13.2 Å². The summed E-state index contributed by atoms with van der Waals surface area (Å²) < 4.78 is 29.6. The van der Waals surface area contributed by atoms with E-state index in [1.807, 2.05) is 0 Å². The Hall–Kier alpha value is -0.660. The number of aliphatic hydroxyl groups excluding tert-OH is 1. The van der Waals surface area contributed by atoms with E-state index in [0.29, 0.717) is 19.4 Å². The van der Waals surface area contributed by atoms with Crippen molar-refractivity contribution >= 4 is 16.0 Å². The van der Waals surface area contributed by atoms with E-state index in [1.165, 1.54) is 0 Å². The first-order chi connectivity index (χ1) is 7.93. The lowest BCUT2D eigenvalue weighted by Gasteiger charge is -2.25. The van der Waals surface area contributed by atoms with Crippen LogP contribution in [0.5, 0.6) is 0 Å². The summed E-state index contributed by atoms with van der Waals surface area (Å²) in [4.78, 5) is 10.8. The molecule has 0 saturated heterocycles. The molecule has 0 aliphatic heterocycles. The lowest BCUT2D eigenvalue weighted by molar-refractivity contribution is -0.137. The Labute approximate surface area is 101 Å². The van der Waals surface area contributed by atoms with Gasteiger partial charge in [0.15, 0.2) is 5.75 Å². The molecular weight excluding hydrogens is 246 g/mol. The van der Waals surface area contributed by atoms with Gasteiger partial charge in [0.2, 0.25) is 10.0 Å². The van der Waals surface area contributed by atoms with E-state index in [-0.39, 0.29) is 12.0 Å². The highest BCUT2D eigenvalue weighted by Crippen LogP contribution is 2.23. The number of sulfonamides is 1. The summed E-state index contributed by atoms with van der Waals surface area (Å²) in [6, 6.07) is 0. The third kappa shape index (κ3) is 5.47. The van der Waals surface area contributed by atoms with E-state index >= 15 is 0 Å². The number of carbonyl (C=O) groups is 1. The van der Waals surface area contributed by atoms with Crippen LogP contribution in [0, 0.1) is 5.92 Å². The molecule has 1 rings (SSSR count). The molecule has 0 radical (unpaired) electrons. The number of hydrogen-bond donors (Lipinski definition) is 2. The molecule has 0 spiro atoms. The number of nitrogens with one attached hydrogen (secondary N) is 1. The first kappa shape index (κ1) is 14.4. The summed E-state index contributed by atoms with van der Waals surface area (Å²) in [6.45, 7) is 0.325. The van der Waals surface area contributed by atoms with Gasteiger partial charge >= 0.3 is 5.97 Å². The van der Waals surface area contributed by atoms with Crippen LogP contribution in [0.1, 0.15) is 25.7 Å². The number of hydrogen-bond acceptors (Lipinski definition) is 5. The smallest absolute Gasteiger partial charge is 0.322 e. The molecule has 0 amide bonds. The predicted molar refractivity (Wildman–Crippen MR) is 61.8 cm³/mol. The molecule has 0 heterocycles. The van der Waals surface area contributed by atoms with Crippen LogP contribution in [0.15, 0.2) is 0 Å². The van der Waals surface area contributed by atoms with Crippen molar-refractivity contribution in [2.45, 2.75) is 31.8 Å². The molecule has 0 atom stereocenters.